The Morgan fingerprint density at radius 2 is 2.03 bits per heavy atom. The molecule has 2 aliphatic heterocycles. The van der Waals surface area contributed by atoms with Crippen LogP contribution in [0, 0.1) is 28.8 Å². The minimum Gasteiger partial charge on any atom is -0.493 e. The van der Waals surface area contributed by atoms with Gasteiger partial charge in [-0.2, -0.15) is 4.98 Å². The summed E-state index contributed by atoms with van der Waals surface area (Å²) in [6.45, 7) is 3.35. The Hall–Kier alpha value is -3.82. The Bertz CT molecular complexity index is 1170. The second-order valence-corrected chi connectivity index (χ2v) is 8.23. The molecular weight excluding hydrogens is 431 g/mol. The Balaban J connectivity index is 1.39. The molecule has 2 unspecified atom stereocenters. The second-order valence-electron chi connectivity index (χ2n) is 8.23. The predicted octanol–water partition coefficient (Wildman–Crippen LogP) is 4.18. The Labute approximate surface area is 189 Å². The number of piperidine rings is 1. The molecule has 0 radical (unpaired) electrons. The first-order valence-electron chi connectivity index (χ1n) is 10.7. The maximum Gasteiger partial charge on any atom is 0.365 e. The van der Waals surface area contributed by atoms with Crippen LogP contribution in [0.5, 0.6) is 17.2 Å². The highest BCUT2D eigenvalue weighted by atomic mass is 19.1. The standard InChI is InChI=1S/C23H23FN4O5/c1-14-25-22(23(26-14)28(29)30)27-9-8-19(15-2-4-17(24)5-3-15)16(11-27)12-31-18-6-7-20-21(10-18)33-13-32-20/h2-7,10,16,19H,8-9,11-13H2,1H3,(H,25,26). The number of hydrogen-bond acceptors (Lipinski definition) is 7. The van der Waals surface area contributed by atoms with Gasteiger partial charge in [0.15, 0.2) is 17.3 Å². The van der Waals surface area contributed by atoms with Crippen LogP contribution in [0.1, 0.15) is 23.7 Å². The zero-order chi connectivity index (χ0) is 22.9. The maximum atomic E-state index is 13.5. The SMILES string of the molecule is Cc1nc(N2CCC(c3ccc(F)cc3)C(COc3ccc4c(c3)OCO4)C2)c([N+](=O)[O-])[nH]1. The molecule has 2 atom stereocenters. The number of halogens is 1. The predicted molar refractivity (Wildman–Crippen MR) is 118 cm³/mol. The number of imidazole rings is 1. The van der Waals surface area contributed by atoms with Crippen LogP contribution in [0.4, 0.5) is 16.0 Å². The van der Waals surface area contributed by atoms with E-state index in [1.807, 2.05) is 11.0 Å². The van der Waals surface area contributed by atoms with Gasteiger partial charge < -0.3 is 29.2 Å². The van der Waals surface area contributed by atoms with Crippen molar-refractivity contribution in [2.75, 3.05) is 31.4 Å². The largest absolute Gasteiger partial charge is 0.493 e. The van der Waals surface area contributed by atoms with Crippen LogP contribution in [0.2, 0.25) is 0 Å². The van der Waals surface area contributed by atoms with Gasteiger partial charge in [0.25, 0.3) is 0 Å². The summed E-state index contributed by atoms with van der Waals surface area (Å²) >= 11 is 0. The van der Waals surface area contributed by atoms with Crippen molar-refractivity contribution in [3.63, 3.8) is 0 Å². The number of benzene rings is 2. The van der Waals surface area contributed by atoms with Crippen LogP contribution in [0.15, 0.2) is 42.5 Å². The molecule has 9 nitrogen and oxygen atoms in total. The van der Waals surface area contributed by atoms with Gasteiger partial charge in [-0.15, -0.1) is 0 Å². The van der Waals surface area contributed by atoms with Crippen molar-refractivity contribution < 1.29 is 23.5 Å². The summed E-state index contributed by atoms with van der Waals surface area (Å²) in [5, 5.41) is 11.5. The second kappa shape index (κ2) is 8.61. The summed E-state index contributed by atoms with van der Waals surface area (Å²) in [7, 11) is 0. The first-order valence-corrected chi connectivity index (χ1v) is 10.7. The van der Waals surface area contributed by atoms with E-state index in [1.165, 1.54) is 12.1 Å². The number of aryl methyl sites for hydroxylation is 1. The lowest BCUT2D eigenvalue weighted by atomic mass is 9.81. The third-order valence-electron chi connectivity index (χ3n) is 6.11. The highest BCUT2D eigenvalue weighted by Gasteiger charge is 2.35. The minimum atomic E-state index is -0.445. The molecule has 2 aliphatic rings. The van der Waals surface area contributed by atoms with Crippen LogP contribution in [0.3, 0.4) is 0 Å². The van der Waals surface area contributed by atoms with Crippen molar-refractivity contribution in [2.24, 2.45) is 5.92 Å². The van der Waals surface area contributed by atoms with E-state index in [1.54, 1.807) is 31.2 Å². The van der Waals surface area contributed by atoms with Crippen molar-refractivity contribution in [3.05, 3.63) is 69.8 Å². The molecule has 3 aromatic rings. The van der Waals surface area contributed by atoms with E-state index < -0.39 is 4.92 Å². The van der Waals surface area contributed by atoms with Crippen molar-refractivity contribution in [1.29, 1.82) is 0 Å². The van der Waals surface area contributed by atoms with Crippen LogP contribution in [-0.4, -0.2) is 41.4 Å². The molecule has 0 aliphatic carbocycles. The number of ether oxygens (including phenoxy) is 3. The highest BCUT2D eigenvalue weighted by Crippen LogP contribution is 2.39. The summed E-state index contributed by atoms with van der Waals surface area (Å²) < 4.78 is 30.4. The van der Waals surface area contributed by atoms with E-state index in [0.717, 1.165) is 12.0 Å². The molecule has 1 aromatic heterocycles. The van der Waals surface area contributed by atoms with Crippen molar-refractivity contribution in [2.45, 2.75) is 19.3 Å². The summed E-state index contributed by atoms with van der Waals surface area (Å²) in [5.41, 5.74) is 1.02. The quantitative estimate of drug-likeness (QED) is 0.440. The molecule has 1 saturated heterocycles. The zero-order valence-electron chi connectivity index (χ0n) is 18.0. The molecule has 5 rings (SSSR count). The Kier molecular flexibility index (Phi) is 5.49. The van der Waals surface area contributed by atoms with Crippen molar-refractivity contribution in [1.82, 2.24) is 9.97 Å². The van der Waals surface area contributed by atoms with E-state index in [2.05, 4.69) is 9.97 Å². The first-order chi connectivity index (χ1) is 16.0. The van der Waals surface area contributed by atoms with Gasteiger partial charge in [-0.25, -0.2) is 9.37 Å². The number of aromatic nitrogens is 2. The lowest BCUT2D eigenvalue weighted by Gasteiger charge is -2.38. The fourth-order valence-corrected chi connectivity index (χ4v) is 4.53. The average Bonchev–Trinajstić information content (AvgIpc) is 3.44. The zero-order valence-corrected chi connectivity index (χ0v) is 18.0. The lowest BCUT2D eigenvalue weighted by Crippen LogP contribution is -2.42. The average molecular weight is 454 g/mol. The molecule has 3 heterocycles. The molecule has 0 saturated carbocycles. The number of nitrogens with zero attached hydrogens (tertiary/aromatic N) is 3. The molecule has 172 valence electrons. The smallest absolute Gasteiger partial charge is 0.365 e. The van der Waals surface area contributed by atoms with E-state index >= 15 is 0 Å². The molecule has 33 heavy (non-hydrogen) atoms. The van der Waals surface area contributed by atoms with Gasteiger partial charge in [0.05, 0.1) is 6.61 Å². The van der Waals surface area contributed by atoms with Crippen molar-refractivity contribution >= 4 is 11.6 Å². The minimum absolute atomic E-state index is 0.00811. The Morgan fingerprint density at radius 3 is 2.82 bits per heavy atom. The van der Waals surface area contributed by atoms with Crippen LogP contribution < -0.4 is 19.1 Å². The number of hydrogen-bond donors (Lipinski definition) is 1. The lowest BCUT2D eigenvalue weighted by molar-refractivity contribution is -0.388. The van der Waals surface area contributed by atoms with Gasteiger partial charge in [0.1, 0.15) is 11.6 Å². The molecule has 0 bridgehead atoms. The Morgan fingerprint density at radius 1 is 1.24 bits per heavy atom. The fourth-order valence-electron chi connectivity index (χ4n) is 4.53. The van der Waals surface area contributed by atoms with Crippen molar-refractivity contribution in [3.8, 4) is 17.2 Å². The number of fused-ring (bicyclic) bond motifs is 1. The number of nitro groups is 1. The maximum absolute atomic E-state index is 13.5. The third-order valence-corrected chi connectivity index (χ3v) is 6.11. The first kappa shape index (κ1) is 21.0. The normalized spacial score (nSPS) is 19.5. The number of anilines is 1. The highest BCUT2D eigenvalue weighted by molar-refractivity contribution is 5.55. The van der Waals surface area contributed by atoms with Crippen LogP contribution >= 0.6 is 0 Å². The molecule has 10 heteroatoms. The van der Waals surface area contributed by atoms with E-state index in [4.69, 9.17) is 14.2 Å². The number of nitrogens with one attached hydrogen (secondary N) is 1. The molecule has 2 aromatic carbocycles. The summed E-state index contributed by atoms with van der Waals surface area (Å²) in [6, 6.07) is 11.9. The summed E-state index contributed by atoms with van der Waals surface area (Å²) in [4.78, 5) is 20.1. The van der Waals surface area contributed by atoms with Gasteiger partial charge in [-0.05, 0) is 47.1 Å². The molecule has 1 N–H and O–H groups in total. The van der Waals surface area contributed by atoms with Crippen LogP contribution in [0.25, 0.3) is 0 Å². The number of H-pyrrole nitrogens is 1. The van der Waals surface area contributed by atoms with E-state index in [-0.39, 0.29) is 30.3 Å². The molecular formula is C23H23FN4O5. The van der Waals surface area contributed by atoms with E-state index in [0.29, 0.717) is 48.6 Å². The van der Waals surface area contributed by atoms with Gasteiger partial charge in [0, 0.05) is 32.0 Å². The third kappa shape index (κ3) is 4.28. The molecule has 0 amide bonds. The van der Waals surface area contributed by atoms with Crippen LogP contribution in [-0.2, 0) is 0 Å². The van der Waals surface area contributed by atoms with E-state index in [9.17, 15) is 14.5 Å². The van der Waals surface area contributed by atoms with Gasteiger partial charge >= 0.3 is 5.82 Å². The topological polar surface area (TPSA) is 103 Å². The molecule has 1 fully saturated rings. The monoisotopic (exact) mass is 454 g/mol. The van der Waals surface area contributed by atoms with Gasteiger partial charge in [0.2, 0.25) is 12.6 Å². The van der Waals surface area contributed by atoms with Gasteiger partial charge in [-0.1, -0.05) is 12.1 Å². The number of rotatable bonds is 6. The fraction of sp³-hybridized carbons (Fsp3) is 0.348. The number of aromatic amines is 1. The molecule has 0 spiro atoms. The summed E-state index contributed by atoms with van der Waals surface area (Å²) in [5.74, 6) is 2.49. The summed E-state index contributed by atoms with van der Waals surface area (Å²) in [6.07, 6.45) is 0.726. The van der Waals surface area contributed by atoms with Gasteiger partial charge in [-0.3, -0.25) is 0 Å².